The first-order valence-electron chi connectivity index (χ1n) is 2.68. The Morgan fingerprint density at radius 1 is 0.500 bits per heavy atom. The molecule has 0 fully saturated rings. The Bertz CT molecular complexity index is 22.0. The van der Waals surface area contributed by atoms with Crippen LogP contribution in [0.2, 0.25) is 0 Å². The van der Waals surface area contributed by atoms with Gasteiger partial charge in [0.15, 0.2) is 0 Å². The molecule has 0 aromatic carbocycles. The Hall–Kier alpha value is 0.860. The van der Waals surface area contributed by atoms with E-state index in [1.165, 1.54) is 0 Å². The number of hydrogen-bond donors (Lipinski definition) is 0. The first kappa shape index (κ1) is 11.6. The van der Waals surface area contributed by atoms with Crippen LogP contribution in [-0.2, 0) is 0 Å². The fourth-order valence-electron chi connectivity index (χ4n) is 0. The highest BCUT2D eigenvalue weighted by Crippen LogP contribution is 2.14. The molecule has 52 valence electrons. The molecule has 0 heterocycles. The molecule has 0 saturated carbocycles. The largest absolute Gasteiger partial charge is 0.116 e. The van der Waals surface area contributed by atoms with Crippen molar-refractivity contribution in [1.82, 2.24) is 0 Å². The van der Waals surface area contributed by atoms with Crippen molar-refractivity contribution in [2.75, 3.05) is 40.0 Å². The van der Waals surface area contributed by atoms with E-state index in [9.17, 15) is 0 Å². The van der Waals surface area contributed by atoms with Crippen LogP contribution in [0.15, 0.2) is 0 Å². The van der Waals surface area contributed by atoms with Crippen LogP contribution in [0.4, 0.5) is 0 Å². The van der Waals surface area contributed by atoms with Gasteiger partial charge >= 0.3 is 0 Å². The topological polar surface area (TPSA) is 0 Å². The zero-order valence-electron chi connectivity index (χ0n) is 6.89. The van der Waals surface area contributed by atoms with Gasteiger partial charge in [-0.25, -0.2) is 0 Å². The molecule has 0 N–H and O–H groups in total. The highest BCUT2D eigenvalue weighted by Gasteiger charge is 1.66. The van der Waals surface area contributed by atoms with Gasteiger partial charge in [-0.05, 0) is 40.0 Å². The smallest absolute Gasteiger partial charge is 0.0449 e. The number of rotatable bonds is 0. The van der Waals surface area contributed by atoms with Gasteiger partial charge in [-0.2, -0.15) is 0 Å². The monoisotopic (exact) mass is 152 g/mol. The van der Waals surface area contributed by atoms with Crippen LogP contribution in [0.5, 0.6) is 0 Å². The van der Waals surface area contributed by atoms with Gasteiger partial charge in [0.2, 0.25) is 0 Å². The zero-order valence-corrected chi connectivity index (χ0v) is 8.68. The molecule has 2 heteroatoms. The maximum Gasteiger partial charge on any atom is -0.0449 e. The molecule has 0 aliphatic heterocycles. The van der Waals surface area contributed by atoms with Gasteiger partial charge in [0, 0.05) is 0 Å². The van der Waals surface area contributed by atoms with Crippen LogP contribution in [0, 0.1) is 0 Å². The first-order valence-corrected chi connectivity index (χ1v) is 8.05. The lowest BCUT2D eigenvalue weighted by molar-refractivity contribution is 2.13. The van der Waals surface area contributed by atoms with Crippen molar-refractivity contribution in [3.8, 4) is 0 Å². The van der Waals surface area contributed by atoms with E-state index in [4.69, 9.17) is 0 Å². The summed E-state index contributed by atoms with van der Waals surface area (Å²) in [6.07, 6.45) is 0. The molecule has 0 aromatic heterocycles. The average molecular weight is 152 g/mol. The maximum atomic E-state index is 2.23. The summed E-state index contributed by atoms with van der Waals surface area (Å²) in [5.41, 5.74) is 0. The Balaban J connectivity index is 0. The van der Waals surface area contributed by atoms with Gasteiger partial charge in [-0.1, -0.05) is 0 Å². The average Bonchev–Trinajstić information content (AvgIpc) is 1.25. The van der Waals surface area contributed by atoms with E-state index in [2.05, 4.69) is 40.0 Å². The standard InChI is InChI=1S/2C3H9P/c2*1-4(2)3/h2*1-3H3. The SMILES string of the molecule is CP(C)C.CP(C)C. The molecular formula is C6H18P2. The van der Waals surface area contributed by atoms with Gasteiger partial charge < -0.3 is 0 Å². The van der Waals surface area contributed by atoms with Crippen molar-refractivity contribution in [3.05, 3.63) is 0 Å². The summed E-state index contributed by atoms with van der Waals surface area (Å²) in [4.78, 5) is 0. The molecule has 0 aromatic rings. The summed E-state index contributed by atoms with van der Waals surface area (Å²) in [6.45, 7) is 13.4. The molecule has 0 nitrogen and oxygen atoms in total. The second kappa shape index (κ2) is 7.86. The predicted octanol–water partition coefficient (Wildman–Crippen LogP) is 2.72. The zero-order chi connectivity index (χ0) is 7.15. The van der Waals surface area contributed by atoms with E-state index < -0.39 is 0 Å². The van der Waals surface area contributed by atoms with E-state index in [0.29, 0.717) is 15.8 Å². The maximum absolute atomic E-state index is 2.23. The van der Waals surface area contributed by atoms with E-state index in [1.54, 1.807) is 0 Å². The lowest BCUT2D eigenvalue weighted by atomic mass is 11.9. The van der Waals surface area contributed by atoms with Gasteiger partial charge in [-0.15, -0.1) is 15.8 Å². The third-order valence-corrected chi connectivity index (χ3v) is 0. The molecule has 0 unspecified atom stereocenters. The molecule has 0 atom stereocenters. The van der Waals surface area contributed by atoms with Crippen molar-refractivity contribution >= 4 is 15.8 Å². The second-order valence-corrected chi connectivity index (χ2v) is 8.05. The van der Waals surface area contributed by atoms with Crippen molar-refractivity contribution < 1.29 is 0 Å². The van der Waals surface area contributed by atoms with Crippen molar-refractivity contribution in [2.24, 2.45) is 0 Å². The summed E-state index contributed by atoms with van der Waals surface area (Å²) >= 11 is 0. The second-order valence-electron chi connectivity index (χ2n) is 2.68. The highest BCUT2D eigenvalue weighted by molar-refractivity contribution is 7.55. The van der Waals surface area contributed by atoms with E-state index >= 15 is 0 Å². The minimum absolute atomic E-state index is 0.380. The Kier molecular flexibility index (Phi) is 11.4. The molecular weight excluding hydrogens is 134 g/mol. The highest BCUT2D eigenvalue weighted by atomic mass is 31.1. The van der Waals surface area contributed by atoms with Crippen LogP contribution >= 0.6 is 15.8 Å². The number of hydrogen-bond acceptors (Lipinski definition) is 0. The summed E-state index contributed by atoms with van der Waals surface area (Å²) in [5, 5.41) is 0. The minimum Gasteiger partial charge on any atom is -0.116 e. The predicted molar refractivity (Wildman–Crippen MR) is 49.4 cm³/mol. The van der Waals surface area contributed by atoms with Gasteiger partial charge in [0.25, 0.3) is 0 Å². The first-order chi connectivity index (χ1) is 3.46. The van der Waals surface area contributed by atoms with Crippen LogP contribution in [0.25, 0.3) is 0 Å². The van der Waals surface area contributed by atoms with Crippen LogP contribution in [0.1, 0.15) is 0 Å². The van der Waals surface area contributed by atoms with Crippen molar-refractivity contribution in [1.29, 1.82) is 0 Å². The van der Waals surface area contributed by atoms with Gasteiger partial charge in [0.1, 0.15) is 0 Å². The summed E-state index contributed by atoms with van der Waals surface area (Å²) in [6, 6.07) is 0. The van der Waals surface area contributed by atoms with E-state index in [-0.39, 0.29) is 0 Å². The summed E-state index contributed by atoms with van der Waals surface area (Å²) in [7, 11) is 0.759. The van der Waals surface area contributed by atoms with Gasteiger partial charge in [-0.3, -0.25) is 0 Å². The van der Waals surface area contributed by atoms with Crippen LogP contribution < -0.4 is 0 Å². The molecule has 0 spiro atoms. The molecule has 0 bridgehead atoms. The van der Waals surface area contributed by atoms with Gasteiger partial charge in [0.05, 0.1) is 0 Å². The molecule has 8 heavy (non-hydrogen) atoms. The Labute approximate surface area is 56.6 Å². The molecule has 0 aliphatic rings. The van der Waals surface area contributed by atoms with E-state index in [0.717, 1.165) is 0 Å². The normalized spacial score (nSPS) is 9.00. The van der Waals surface area contributed by atoms with Crippen molar-refractivity contribution in [3.63, 3.8) is 0 Å². The minimum atomic E-state index is 0.380. The third kappa shape index (κ3) is 319. The lowest BCUT2D eigenvalue weighted by Crippen LogP contribution is -1.48. The molecule has 0 radical (unpaired) electrons. The molecule has 0 aliphatic carbocycles. The summed E-state index contributed by atoms with van der Waals surface area (Å²) < 4.78 is 0. The molecule has 0 amide bonds. The quantitative estimate of drug-likeness (QED) is 0.468. The van der Waals surface area contributed by atoms with Crippen LogP contribution in [-0.4, -0.2) is 40.0 Å². The molecule has 0 saturated heterocycles. The summed E-state index contributed by atoms with van der Waals surface area (Å²) in [5.74, 6) is 0. The molecule has 0 rings (SSSR count). The van der Waals surface area contributed by atoms with E-state index in [1.807, 2.05) is 0 Å². The Morgan fingerprint density at radius 2 is 0.500 bits per heavy atom. The van der Waals surface area contributed by atoms with Crippen molar-refractivity contribution in [2.45, 2.75) is 0 Å². The van der Waals surface area contributed by atoms with Crippen LogP contribution in [0.3, 0.4) is 0 Å². The lowest BCUT2D eigenvalue weighted by Gasteiger charge is -1.81. The fourth-order valence-corrected chi connectivity index (χ4v) is 0. The fraction of sp³-hybridized carbons (Fsp3) is 1.00. The Morgan fingerprint density at radius 3 is 0.500 bits per heavy atom. The third-order valence-electron chi connectivity index (χ3n) is 0.